The normalized spacial score (nSPS) is 13.5. The topological polar surface area (TPSA) is 83.6 Å². The van der Waals surface area contributed by atoms with Gasteiger partial charge in [-0.1, -0.05) is 18.2 Å². The minimum absolute atomic E-state index is 0.295. The molecular weight excluding hydrogens is 308 g/mol. The highest BCUT2D eigenvalue weighted by Gasteiger charge is 2.21. The first-order chi connectivity index (χ1) is 11.7. The van der Waals surface area contributed by atoms with Gasteiger partial charge in [0.25, 0.3) is 0 Å². The molecule has 1 aliphatic heterocycles. The molecule has 1 aromatic heterocycles. The Balaban J connectivity index is 1.54. The van der Waals surface area contributed by atoms with Gasteiger partial charge in [0.2, 0.25) is 0 Å². The van der Waals surface area contributed by atoms with Crippen molar-refractivity contribution in [2.45, 2.75) is 13.1 Å². The summed E-state index contributed by atoms with van der Waals surface area (Å²) < 4.78 is 4.91. The van der Waals surface area contributed by atoms with Crippen LogP contribution in [0.3, 0.4) is 0 Å². The third-order valence-electron chi connectivity index (χ3n) is 3.58. The highest BCUT2D eigenvalue weighted by molar-refractivity contribution is 5.89. The molecule has 1 saturated heterocycles. The predicted molar refractivity (Wildman–Crippen MR) is 88.3 cm³/mol. The van der Waals surface area contributed by atoms with Crippen LogP contribution in [0.5, 0.6) is 0 Å². The Hall–Kier alpha value is -3.09. The van der Waals surface area contributed by atoms with Gasteiger partial charge < -0.3 is 20.3 Å². The number of anilines is 1. The number of carbonyl (C=O) groups is 2. The van der Waals surface area contributed by atoms with E-state index in [9.17, 15) is 9.59 Å². The molecule has 124 valence electrons. The number of cyclic esters (lactones) is 1. The lowest BCUT2D eigenvalue weighted by Gasteiger charge is -2.14. The first kappa shape index (κ1) is 15.8. The number of carbonyl (C=O) groups excluding carboxylic acids is 2. The summed E-state index contributed by atoms with van der Waals surface area (Å²) in [5, 5.41) is 5.56. The number of ether oxygens (including phenoxy) is 1. The van der Waals surface area contributed by atoms with Crippen molar-refractivity contribution in [2.24, 2.45) is 0 Å². The number of pyridine rings is 1. The van der Waals surface area contributed by atoms with Crippen molar-refractivity contribution in [3.63, 3.8) is 0 Å². The molecule has 7 nitrogen and oxygen atoms in total. The summed E-state index contributed by atoms with van der Waals surface area (Å²) in [7, 11) is 0. The predicted octanol–water partition coefficient (Wildman–Crippen LogP) is 2.36. The van der Waals surface area contributed by atoms with E-state index in [0.29, 0.717) is 31.9 Å². The average Bonchev–Trinajstić information content (AvgIpc) is 2.99. The van der Waals surface area contributed by atoms with E-state index >= 15 is 0 Å². The minimum Gasteiger partial charge on any atom is -0.448 e. The van der Waals surface area contributed by atoms with Crippen molar-refractivity contribution < 1.29 is 14.3 Å². The van der Waals surface area contributed by atoms with Crippen LogP contribution in [0.2, 0.25) is 0 Å². The van der Waals surface area contributed by atoms with Gasteiger partial charge in [-0.3, -0.25) is 4.98 Å². The van der Waals surface area contributed by atoms with E-state index < -0.39 is 0 Å². The number of amides is 3. The summed E-state index contributed by atoms with van der Waals surface area (Å²) in [5.74, 6) is 0. The Morgan fingerprint density at radius 3 is 2.88 bits per heavy atom. The first-order valence-corrected chi connectivity index (χ1v) is 7.65. The second-order valence-electron chi connectivity index (χ2n) is 5.41. The lowest BCUT2D eigenvalue weighted by atomic mass is 10.2. The molecule has 0 bridgehead atoms. The van der Waals surface area contributed by atoms with E-state index in [-0.39, 0.29) is 12.1 Å². The van der Waals surface area contributed by atoms with Crippen molar-refractivity contribution in [3.8, 4) is 0 Å². The van der Waals surface area contributed by atoms with Crippen LogP contribution in [0.15, 0.2) is 48.8 Å². The molecule has 1 aromatic carbocycles. The Labute approximate surface area is 139 Å². The fourth-order valence-corrected chi connectivity index (χ4v) is 2.40. The molecule has 0 spiro atoms. The van der Waals surface area contributed by atoms with Gasteiger partial charge in [0.15, 0.2) is 0 Å². The maximum atomic E-state index is 12.0. The van der Waals surface area contributed by atoms with Gasteiger partial charge in [0.1, 0.15) is 6.61 Å². The van der Waals surface area contributed by atoms with E-state index in [1.165, 1.54) is 0 Å². The molecule has 0 aliphatic carbocycles. The fraction of sp³-hybridized carbons (Fsp3) is 0.235. The maximum Gasteiger partial charge on any atom is 0.410 e. The van der Waals surface area contributed by atoms with Crippen molar-refractivity contribution in [2.75, 3.05) is 18.5 Å². The minimum atomic E-state index is -0.303. The monoisotopic (exact) mass is 326 g/mol. The molecule has 0 unspecified atom stereocenters. The molecule has 2 heterocycles. The van der Waals surface area contributed by atoms with Crippen LogP contribution >= 0.6 is 0 Å². The molecule has 24 heavy (non-hydrogen) atoms. The summed E-state index contributed by atoms with van der Waals surface area (Å²) in [6.07, 6.45) is 3.09. The van der Waals surface area contributed by atoms with E-state index in [4.69, 9.17) is 4.74 Å². The molecule has 7 heteroatoms. The van der Waals surface area contributed by atoms with Crippen LogP contribution in [0.4, 0.5) is 15.3 Å². The number of hydrogen-bond acceptors (Lipinski definition) is 4. The van der Waals surface area contributed by atoms with E-state index in [0.717, 1.165) is 11.1 Å². The second-order valence-corrected chi connectivity index (χ2v) is 5.41. The Morgan fingerprint density at radius 1 is 1.25 bits per heavy atom. The van der Waals surface area contributed by atoms with E-state index in [1.807, 2.05) is 30.3 Å². The maximum absolute atomic E-state index is 12.0. The van der Waals surface area contributed by atoms with Gasteiger partial charge in [0.05, 0.1) is 6.54 Å². The highest BCUT2D eigenvalue weighted by Crippen LogP contribution is 2.15. The third-order valence-corrected chi connectivity index (χ3v) is 3.58. The van der Waals surface area contributed by atoms with Gasteiger partial charge in [-0.15, -0.1) is 0 Å². The van der Waals surface area contributed by atoms with Gasteiger partial charge in [-0.25, -0.2) is 9.59 Å². The molecule has 0 saturated carbocycles. The van der Waals surface area contributed by atoms with Crippen molar-refractivity contribution in [1.29, 1.82) is 0 Å². The van der Waals surface area contributed by atoms with Crippen LogP contribution in [0.25, 0.3) is 0 Å². The summed E-state index contributed by atoms with van der Waals surface area (Å²) in [4.78, 5) is 29.1. The molecule has 2 aromatic rings. The van der Waals surface area contributed by atoms with Gasteiger partial charge in [0, 0.05) is 31.2 Å². The fourth-order valence-electron chi connectivity index (χ4n) is 2.40. The molecule has 3 rings (SSSR count). The number of nitrogens with one attached hydrogen (secondary N) is 2. The molecular formula is C17H18N4O3. The largest absolute Gasteiger partial charge is 0.448 e. The van der Waals surface area contributed by atoms with Crippen molar-refractivity contribution in [3.05, 3.63) is 59.9 Å². The number of aromatic nitrogens is 1. The SMILES string of the molecule is O=C(NCc1cccnc1)Nc1cccc(CN2CCOC2=O)c1. The van der Waals surface area contributed by atoms with Crippen LogP contribution in [0, 0.1) is 0 Å². The number of hydrogen-bond donors (Lipinski definition) is 2. The van der Waals surface area contributed by atoms with Crippen LogP contribution in [-0.4, -0.2) is 35.2 Å². The van der Waals surface area contributed by atoms with E-state index in [2.05, 4.69) is 15.6 Å². The van der Waals surface area contributed by atoms with Gasteiger partial charge in [-0.2, -0.15) is 0 Å². The summed E-state index contributed by atoms with van der Waals surface area (Å²) >= 11 is 0. The van der Waals surface area contributed by atoms with Crippen molar-refractivity contribution >= 4 is 17.8 Å². The Bertz CT molecular complexity index is 721. The molecule has 0 radical (unpaired) electrons. The van der Waals surface area contributed by atoms with Crippen LogP contribution < -0.4 is 10.6 Å². The average molecular weight is 326 g/mol. The molecule has 2 N–H and O–H groups in total. The van der Waals surface area contributed by atoms with Crippen molar-refractivity contribution in [1.82, 2.24) is 15.2 Å². The van der Waals surface area contributed by atoms with Crippen LogP contribution in [0.1, 0.15) is 11.1 Å². The Kier molecular flexibility index (Phi) is 4.90. The summed E-state index contributed by atoms with van der Waals surface area (Å²) in [6, 6.07) is 10.8. The van der Waals surface area contributed by atoms with Crippen LogP contribution in [-0.2, 0) is 17.8 Å². The van der Waals surface area contributed by atoms with E-state index in [1.54, 1.807) is 23.4 Å². The zero-order valence-electron chi connectivity index (χ0n) is 13.1. The lowest BCUT2D eigenvalue weighted by Crippen LogP contribution is -2.28. The van der Waals surface area contributed by atoms with Gasteiger partial charge in [-0.05, 0) is 29.3 Å². The first-order valence-electron chi connectivity index (χ1n) is 7.65. The third kappa shape index (κ3) is 4.22. The molecule has 1 fully saturated rings. The number of urea groups is 1. The number of benzene rings is 1. The smallest absolute Gasteiger partial charge is 0.410 e. The Morgan fingerprint density at radius 2 is 2.12 bits per heavy atom. The second kappa shape index (κ2) is 7.45. The molecule has 3 amide bonds. The summed E-state index contributed by atoms with van der Waals surface area (Å²) in [5.41, 5.74) is 2.52. The highest BCUT2D eigenvalue weighted by atomic mass is 16.6. The number of nitrogens with zero attached hydrogens (tertiary/aromatic N) is 2. The zero-order chi connectivity index (χ0) is 16.8. The summed E-state index contributed by atoms with van der Waals surface area (Å²) in [6.45, 7) is 1.88. The lowest BCUT2D eigenvalue weighted by molar-refractivity contribution is 0.157. The quantitative estimate of drug-likeness (QED) is 0.883. The zero-order valence-corrected chi connectivity index (χ0v) is 13.1. The standard InChI is InChI=1S/C17H18N4O3/c22-16(19-11-14-4-2-6-18-10-14)20-15-5-1-3-13(9-15)12-21-7-8-24-17(21)23/h1-6,9-10H,7-8,11-12H2,(H2,19,20,22). The molecule has 1 aliphatic rings. The van der Waals surface area contributed by atoms with Gasteiger partial charge >= 0.3 is 12.1 Å². The number of rotatable bonds is 5. The molecule has 0 atom stereocenters.